The van der Waals surface area contributed by atoms with Gasteiger partial charge < -0.3 is 9.47 Å². The highest BCUT2D eigenvalue weighted by Crippen LogP contribution is 2.31. The van der Waals surface area contributed by atoms with E-state index in [4.69, 9.17) is 9.47 Å². The first-order valence-electron chi connectivity index (χ1n) is 10.4. The summed E-state index contributed by atoms with van der Waals surface area (Å²) in [5.41, 5.74) is 0.547. The largest absolute Gasteiger partial charge is 0.459 e. The van der Waals surface area contributed by atoms with Gasteiger partial charge in [0.05, 0.1) is 11.1 Å². The molecule has 0 saturated carbocycles. The molecular weight excluding hydrogens is 364 g/mol. The normalized spacial score (nSPS) is 15.0. The van der Waals surface area contributed by atoms with E-state index in [0.717, 1.165) is 19.3 Å². The van der Waals surface area contributed by atoms with Crippen molar-refractivity contribution in [2.75, 3.05) is 0 Å². The molecule has 0 N–H and O–H groups in total. The molecule has 0 radical (unpaired) electrons. The molecule has 0 aliphatic heterocycles. The third-order valence-electron chi connectivity index (χ3n) is 5.74. The van der Waals surface area contributed by atoms with Gasteiger partial charge in [0, 0.05) is 0 Å². The van der Waals surface area contributed by atoms with Crippen molar-refractivity contribution in [1.29, 1.82) is 0 Å². The molecule has 2 rings (SSSR count). The van der Waals surface area contributed by atoms with Gasteiger partial charge in [-0.15, -0.1) is 0 Å². The summed E-state index contributed by atoms with van der Waals surface area (Å²) in [5, 5.41) is 0. The maximum atomic E-state index is 12.5. The van der Waals surface area contributed by atoms with Gasteiger partial charge in [-0.05, 0) is 62.8 Å². The predicted octanol–water partition coefficient (Wildman–Crippen LogP) is 6.06. The van der Waals surface area contributed by atoms with E-state index in [1.165, 1.54) is 0 Å². The molecule has 0 aliphatic rings. The van der Waals surface area contributed by atoms with Crippen LogP contribution in [-0.2, 0) is 9.47 Å². The minimum atomic E-state index is -0.575. The molecule has 2 aromatic carbocycles. The molecule has 0 aliphatic carbocycles. The van der Waals surface area contributed by atoms with Gasteiger partial charge in [0.15, 0.2) is 0 Å². The van der Waals surface area contributed by atoms with Crippen molar-refractivity contribution in [3.8, 4) is 0 Å². The Morgan fingerprint density at radius 1 is 0.862 bits per heavy atom. The third kappa shape index (κ3) is 6.45. The number of benzene rings is 2. The van der Waals surface area contributed by atoms with Crippen molar-refractivity contribution in [2.24, 2.45) is 5.92 Å². The zero-order chi connectivity index (χ0) is 21.3. The topological polar surface area (TPSA) is 52.6 Å². The van der Waals surface area contributed by atoms with Gasteiger partial charge in [0.25, 0.3) is 0 Å². The molecule has 3 atom stereocenters. The Balaban J connectivity index is 1.94. The quantitative estimate of drug-likeness (QED) is 0.458. The standard InChI is InChI=1S/C25H32O4/c1-5-22(28-23(26)20-13-9-7-10-14-20)18-17-19(3)25(4,6-2)29-24(27)21-15-11-8-12-16-21/h7-16,19,22H,5-6,17-18H2,1-4H3. The molecule has 0 saturated heterocycles. The van der Waals surface area contributed by atoms with E-state index >= 15 is 0 Å². The lowest BCUT2D eigenvalue weighted by atomic mass is 9.83. The summed E-state index contributed by atoms with van der Waals surface area (Å²) in [4.78, 5) is 24.9. The molecule has 0 aromatic heterocycles. The lowest BCUT2D eigenvalue weighted by Gasteiger charge is -2.35. The monoisotopic (exact) mass is 396 g/mol. The molecule has 0 bridgehead atoms. The summed E-state index contributed by atoms with van der Waals surface area (Å²) in [7, 11) is 0. The van der Waals surface area contributed by atoms with Gasteiger partial charge in [-0.25, -0.2) is 9.59 Å². The Hall–Kier alpha value is -2.62. The molecule has 0 spiro atoms. The Morgan fingerprint density at radius 3 is 1.86 bits per heavy atom. The minimum Gasteiger partial charge on any atom is -0.459 e. The highest BCUT2D eigenvalue weighted by molar-refractivity contribution is 5.90. The van der Waals surface area contributed by atoms with Gasteiger partial charge >= 0.3 is 11.9 Å². The Bertz CT molecular complexity index is 772. The maximum Gasteiger partial charge on any atom is 0.338 e. The maximum absolute atomic E-state index is 12.5. The zero-order valence-electron chi connectivity index (χ0n) is 17.9. The summed E-state index contributed by atoms with van der Waals surface area (Å²) >= 11 is 0. The second-order valence-corrected chi connectivity index (χ2v) is 7.70. The molecule has 3 unspecified atom stereocenters. The Labute approximate surface area is 174 Å². The van der Waals surface area contributed by atoms with Crippen LogP contribution in [0.3, 0.4) is 0 Å². The number of rotatable bonds is 10. The van der Waals surface area contributed by atoms with Crippen LogP contribution >= 0.6 is 0 Å². The lowest BCUT2D eigenvalue weighted by molar-refractivity contribution is -0.0437. The number of ether oxygens (including phenoxy) is 2. The van der Waals surface area contributed by atoms with Crippen LogP contribution in [-0.4, -0.2) is 23.6 Å². The van der Waals surface area contributed by atoms with Crippen LogP contribution in [0.2, 0.25) is 0 Å². The fourth-order valence-electron chi connectivity index (χ4n) is 3.25. The third-order valence-corrected chi connectivity index (χ3v) is 5.74. The van der Waals surface area contributed by atoms with Gasteiger partial charge in [0.1, 0.15) is 11.7 Å². The van der Waals surface area contributed by atoms with E-state index in [1.807, 2.05) is 57.2 Å². The van der Waals surface area contributed by atoms with Gasteiger partial charge in [-0.1, -0.05) is 57.2 Å². The van der Waals surface area contributed by atoms with Crippen LogP contribution in [0.1, 0.15) is 74.1 Å². The van der Waals surface area contributed by atoms with E-state index in [9.17, 15) is 9.59 Å². The second-order valence-electron chi connectivity index (χ2n) is 7.70. The van der Waals surface area contributed by atoms with Crippen LogP contribution in [0, 0.1) is 5.92 Å². The number of esters is 2. The second kappa shape index (κ2) is 10.8. The molecule has 0 amide bonds. The molecular formula is C25H32O4. The Morgan fingerprint density at radius 2 is 1.38 bits per heavy atom. The van der Waals surface area contributed by atoms with Gasteiger partial charge in [-0.2, -0.15) is 0 Å². The Kier molecular flexibility index (Phi) is 8.44. The first-order valence-corrected chi connectivity index (χ1v) is 10.4. The van der Waals surface area contributed by atoms with E-state index in [0.29, 0.717) is 17.5 Å². The average Bonchev–Trinajstić information content (AvgIpc) is 2.77. The summed E-state index contributed by atoms with van der Waals surface area (Å²) in [6, 6.07) is 18.1. The number of hydrogen-bond acceptors (Lipinski definition) is 4. The first kappa shape index (κ1) is 22.7. The van der Waals surface area contributed by atoms with Crippen molar-refractivity contribution in [1.82, 2.24) is 0 Å². The van der Waals surface area contributed by atoms with Crippen LogP contribution in [0.4, 0.5) is 0 Å². The van der Waals surface area contributed by atoms with E-state index in [1.54, 1.807) is 24.3 Å². The molecule has 4 nitrogen and oxygen atoms in total. The SMILES string of the molecule is CCC(CCC(C)C(C)(CC)OC(=O)c1ccccc1)OC(=O)c1ccccc1. The van der Waals surface area contributed by atoms with Crippen molar-refractivity contribution >= 4 is 11.9 Å². The lowest BCUT2D eigenvalue weighted by Crippen LogP contribution is -2.38. The minimum absolute atomic E-state index is 0.129. The van der Waals surface area contributed by atoms with E-state index < -0.39 is 5.60 Å². The summed E-state index contributed by atoms with van der Waals surface area (Å²) < 4.78 is 11.6. The first-order chi connectivity index (χ1) is 13.9. The van der Waals surface area contributed by atoms with Crippen LogP contribution < -0.4 is 0 Å². The highest BCUT2D eigenvalue weighted by atomic mass is 16.6. The summed E-state index contributed by atoms with van der Waals surface area (Å²) in [6.07, 6.45) is 2.84. The molecule has 29 heavy (non-hydrogen) atoms. The fraction of sp³-hybridized carbons (Fsp3) is 0.440. The van der Waals surface area contributed by atoms with E-state index in [2.05, 4.69) is 6.92 Å². The van der Waals surface area contributed by atoms with E-state index in [-0.39, 0.29) is 24.0 Å². The molecule has 0 fully saturated rings. The fourth-order valence-corrected chi connectivity index (χ4v) is 3.25. The van der Waals surface area contributed by atoms with Crippen LogP contribution in [0.25, 0.3) is 0 Å². The number of carbonyl (C=O) groups is 2. The highest BCUT2D eigenvalue weighted by Gasteiger charge is 2.34. The zero-order valence-corrected chi connectivity index (χ0v) is 17.9. The summed E-state index contributed by atoms with van der Waals surface area (Å²) in [5.74, 6) is -0.465. The molecule has 2 aromatic rings. The molecule has 4 heteroatoms. The smallest absolute Gasteiger partial charge is 0.338 e. The van der Waals surface area contributed by atoms with Gasteiger partial charge in [-0.3, -0.25) is 0 Å². The van der Waals surface area contributed by atoms with Crippen molar-refractivity contribution in [3.63, 3.8) is 0 Å². The van der Waals surface area contributed by atoms with Crippen molar-refractivity contribution in [2.45, 2.75) is 65.1 Å². The predicted molar refractivity (Wildman–Crippen MR) is 115 cm³/mol. The number of hydrogen-bond donors (Lipinski definition) is 0. The summed E-state index contributed by atoms with van der Waals surface area (Å²) in [6.45, 7) is 8.12. The van der Waals surface area contributed by atoms with Gasteiger partial charge in [0.2, 0.25) is 0 Å². The molecule has 156 valence electrons. The van der Waals surface area contributed by atoms with Crippen LogP contribution in [0.5, 0.6) is 0 Å². The van der Waals surface area contributed by atoms with Crippen molar-refractivity contribution in [3.05, 3.63) is 71.8 Å². The van der Waals surface area contributed by atoms with Crippen LogP contribution in [0.15, 0.2) is 60.7 Å². The number of carbonyl (C=O) groups excluding carboxylic acids is 2. The van der Waals surface area contributed by atoms with Crippen molar-refractivity contribution < 1.29 is 19.1 Å². The molecule has 0 heterocycles. The average molecular weight is 397 g/mol.